The first-order valence-corrected chi connectivity index (χ1v) is 9.16. The monoisotopic (exact) mass is 399 g/mol. The van der Waals surface area contributed by atoms with E-state index < -0.39 is 5.60 Å². The van der Waals surface area contributed by atoms with Crippen molar-refractivity contribution >= 4 is 17.5 Å². The number of rotatable bonds is 6. The summed E-state index contributed by atoms with van der Waals surface area (Å²) >= 11 is 6.17. The smallest absolute Gasteiger partial charge is 0.254 e. The van der Waals surface area contributed by atoms with Gasteiger partial charge in [0.05, 0.1) is 31.1 Å². The Bertz CT molecular complexity index is 998. The van der Waals surface area contributed by atoms with Crippen LogP contribution in [0.1, 0.15) is 28.5 Å². The van der Waals surface area contributed by atoms with Gasteiger partial charge in [-0.25, -0.2) is 4.68 Å². The van der Waals surface area contributed by atoms with Gasteiger partial charge >= 0.3 is 0 Å². The number of aromatic nitrogens is 2. The molecule has 28 heavy (non-hydrogen) atoms. The largest absolute Gasteiger partial charge is 0.494 e. The van der Waals surface area contributed by atoms with Crippen molar-refractivity contribution in [2.75, 3.05) is 13.7 Å². The van der Waals surface area contributed by atoms with Gasteiger partial charge in [0.1, 0.15) is 17.0 Å². The van der Waals surface area contributed by atoms with Gasteiger partial charge in [0.15, 0.2) is 0 Å². The molecular weight excluding hydrogens is 378 g/mol. The zero-order valence-corrected chi connectivity index (χ0v) is 16.7. The molecule has 0 aliphatic rings. The van der Waals surface area contributed by atoms with E-state index in [0.717, 1.165) is 5.69 Å². The molecule has 1 atom stereocenters. The Kier molecular flexibility index (Phi) is 5.72. The summed E-state index contributed by atoms with van der Waals surface area (Å²) in [6.07, 6.45) is 1.50. The minimum atomic E-state index is -1.31. The molecular formula is C21H22ClN3O3. The average Bonchev–Trinajstić information content (AvgIpc) is 3.07. The fourth-order valence-corrected chi connectivity index (χ4v) is 3.36. The number of hydrogen-bond acceptors (Lipinski definition) is 4. The van der Waals surface area contributed by atoms with E-state index in [0.29, 0.717) is 27.6 Å². The molecule has 0 fully saturated rings. The second-order valence-electron chi connectivity index (χ2n) is 6.66. The average molecular weight is 400 g/mol. The molecule has 1 heterocycles. The highest BCUT2D eigenvalue weighted by atomic mass is 35.5. The van der Waals surface area contributed by atoms with Crippen molar-refractivity contribution in [3.05, 3.63) is 76.6 Å². The standard InChI is InChI=1S/C21H22ClN3O3/c1-14-15(12-24-25(14)18-10-6-7-11-19(18)28-3)20(26)23-13-21(2,27)16-8-4-5-9-17(16)22/h4-12,27H,13H2,1-3H3,(H,23,26). The molecule has 2 N–H and O–H groups in total. The second kappa shape index (κ2) is 8.04. The van der Waals surface area contributed by atoms with Crippen LogP contribution in [0.25, 0.3) is 5.69 Å². The zero-order valence-electron chi connectivity index (χ0n) is 15.9. The second-order valence-corrected chi connectivity index (χ2v) is 7.07. The van der Waals surface area contributed by atoms with Gasteiger partial charge in [-0.05, 0) is 32.0 Å². The SMILES string of the molecule is COc1ccccc1-n1ncc(C(=O)NCC(C)(O)c2ccccc2Cl)c1C. The first-order chi connectivity index (χ1) is 13.3. The van der Waals surface area contributed by atoms with E-state index in [1.807, 2.05) is 24.3 Å². The molecule has 1 amide bonds. The van der Waals surface area contributed by atoms with Gasteiger partial charge < -0.3 is 15.2 Å². The Labute approximate surface area is 168 Å². The van der Waals surface area contributed by atoms with Crippen molar-refractivity contribution in [2.24, 2.45) is 0 Å². The van der Waals surface area contributed by atoms with Crippen molar-refractivity contribution in [3.8, 4) is 11.4 Å². The van der Waals surface area contributed by atoms with Gasteiger partial charge in [0.25, 0.3) is 5.91 Å². The quantitative estimate of drug-likeness (QED) is 0.665. The lowest BCUT2D eigenvalue weighted by molar-refractivity contribution is 0.0527. The lowest BCUT2D eigenvalue weighted by Gasteiger charge is -2.25. The molecule has 0 saturated carbocycles. The maximum absolute atomic E-state index is 12.7. The molecule has 1 aromatic heterocycles. The molecule has 0 spiro atoms. The molecule has 0 aliphatic carbocycles. The first kappa shape index (κ1) is 19.9. The Morgan fingerprint density at radius 3 is 2.64 bits per heavy atom. The number of nitrogens with one attached hydrogen (secondary N) is 1. The summed E-state index contributed by atoms with van der Waals surface area (Å²) < 4.78 is 7.02. The van der Waals surface area contributed by atoms with Gasteiger partial charge in [0.2, 0.25) is 0 Å². The van der Waals surface area contributed by atoms with Crippen LogP contribution >= 0.6 is 11.6 Å². The Morgan fingerprint density at radius 2 is 1.93 bits per heavy atom. The van der Waals surface area contributed by atoms with E-state index in [9.17, 15) is 9.90 Å². The molecule has 1 unspecified atom stereocenters. The summed E-state index contributed by atoms with van der Waals surface area (Å²) in [5.74, 6) is 0.327. The van der Waals surface area contributed by atoms with Crippen LogP contribution in [0.5, 0.6) is 5.75 Å². The fraction of sp³-hybridized carbons (Fsp3) is 0.238. The normalized spacial score (nSPS) is 13.0. The number of hydrogen-bond donors (Lipinski definition) is 2. The van der Waals surface area contributed by atoms with Crippen molar-refractivity contribution < 1.29 is 14.6 Å². The lowest BCUT2D eigenvalue weighted by Crippen LogP contribution is -2.39. The molecule has 146 valence electrons. The summed E-state index contributed by atoms with van der Waals surface area (Å²) in [7, 11) is 1.59. The number of benzene rings is 2. The van der Waals surface area contributed by atoms with Gasteiger partial charge in [0, 0.05) is 10.6 Å². The highest BCUT2D eigenvalue weighted by molar-refractivity contribution is 6.31. The Balaban J connectivity index is 1.79. The lowest BCUT2D eigenvalue weighted by atomic mass is 9.96. The van der Waals surface area contributed by atoms with E-state index in [1.165, 1.54) is 6.20 Å². The molecule has 3 rings (SSSR count). The van der Waals surface area contributed by atoms with E-state index in [4.69, 9.17) is 16.3 Å². The molecule has 2 aromatic carbocycles. The third-order valence-electron chi connectivity index (χ3n) is 4.62. The fourth-order valence-electron chi connectivity index (χ4n) is 3.02. The molecule has 3 aromatic rings. The molecule has 7 heteroatoms. The van der Waals surface area contributed by atoms with E-state index >= 15 is 0 Å². The topological polar surface area (TPSA) is 76.4 Å². The maximum Gasteiger partial charge on any atom is 0.254 e. The molecule has 6 nitrogen and oxygen atoms in total. The van der Waals surface area contributed by atoms with E-state index in [-0.39, 0.29) is 12.5 Å². The number of aliphatic hydroxyl groups is 1. The number of carbonyl (C=O) groups excluding carboxylic acids is 1. The van der Waals surface area contributed by atoms with Crippen LogP contribution < -0.4 is 10.1 Å². The van der Waals surface area contributed by atoms with Gasteiger partial charge in [-0.2, -0.15) is 5.10 Å². The predicted octanol–water partition coefficient (Wildman–Crippen LogP) is 3.48. The highest BCUT2D eigenvalue weighted by Gasteiger charge is 2.27. The summed E-state index contributed by atoms with van der Waals surface area (Å²) in [5, 5.41) is 18.3. The Hall–Kier alpha value is -2.83. The van der Waals surface area contributed by atoms with Crippen LogP contribution in [0.2, 0.25) is 5.02 Å². The summed E-state index contributed by atoms with van der Waals surface area (Å²) in [6, 6.07) is 14.5. The van der Waals surface area contributed by atoms with Crippen LogP contribution in [0.3, 0.4) is 0 Å². The van der Waals surface area contributed by atoms with Crippen LogP contribution in [0.15, 0.2) is 54.7 Å². The van der Waals surface area contributed by atoms with Crippen molar-refractivity contribution in [1.82, 2.24) is 15.1 Å². The van der Waals surface area contributed by atoms with Gasteiger partial charge in [-0.3, -0.25) is 4.79 Å². The van der Waals surface area contributed by atoms with E-state index in [1.54, 1.807) is 49.9 Å². The van der Waals surface area contributed by atoms with Crippen LogP contribution in [-0.2, 0) is 5.60 Å². The van der Waals surface area contributed by atoms with Crippen LogP contribution in [0, 0.1) is 6.92 Å². The third kappa shape index (κ3) is 3.88. The number of nitrogens with zero attached hydrogens (tertiary/aromatic N) is 2. The number of methoxy groups -OCH3 is 1. The predicted molar refractivity (Wildman–Crippen MR) is 108 cm³/mol. The summed E-state index contributed by atoms with van der Waals surface area (Å²) in [5.41, 5.74) is 1.07. The third-order valence-corrected chi connectivity index (χ3v) is 4.94. The van der Waals surface area contributed by atoms with Crippen molar-refractivity contribution in [2.45, 2.75) is 19.4 Å². The molecule has 0 bridgehead atoms. The minimum absolute atomic E-state index is 0.00877. The highest BCUT2D eigenvalue weighted by Crippen LogP contribution is 2.27. The van der Waals surface area contributed by atoms with Gasteiger partial charge in [-0.1, -0.05) is 41.9 Å². The number of para-hydroxylation sites is 2. The van der Waals surface area contributed by atoms with Crippen molar-refractivity contribution in [1.29, 1.82) is 0 Å². The van der Waals surface area contributed by atoms with Crippen LogP contribution in [0.4, 0.5) is 0 Å². The zero-order chi connectivity index (χ0) is 20.3. The number of ether oxygens (including phenoxy) is 1. The number of halogens is 1. The number of amides is 1. The Morgan fingerprint density at radius 1 is 1.25 bits per heavy atom. The van der Waals surface area contributed by atoms with Crippen molar-refractivity contribution in [3.63, 3.8) is 0 Å². The number of carbonyl (C=O) groups is 1. The van der Waals surface area contributed by atoms with Gasteiger partial charge in [-0.15, -0.1) is 0 Å². The van der Waals surface area contributed by atoms with E-state index in [2.05, 4.69) is 10.4 Å². The first-order valence-electron chi connectivity index (χ1n) is 8.78. The minimum Gasteiger partial charge on any atom is -0.494 e. The maximum atomic E-state index is 12.7. The summed E-state index contributed by atoms with van der Waals surface area (Å²) in [4.78, 5) is 12.7. The molecule has 0 aliphatic heterocycles. The summed E-state index contributed by atoms with van der Waals surface area (Å²) in [6.45, 7) is 3.43. The van der Waals surface area contributed by atoms with Crippen LogP contribution in [-0.4, -0.2) is 34.4 Å². The molecule has 0 radical (unpaired) electrons. The molecule has 0 saturated heterocycles.